The Kier molecular flexibility index (Phi) is 6.46. The zero-order valence-electron chi connectivity index (χ0n) is 20.6. The van der Waals surface area contributed by atoms with Crippen LogP contribution >= 0.6 is 11.5 Å². The number of piperazine rings is 1. The SMILES string of the molecule is [C-]#[N+]c1ccc2c(n1)c(N1C[C@@H](C)N(C(c3ccc(F)cc3)c3ccns3)C[C@@H]1C)c(C#N)c(=O)n2C. The van der Waals surface area contributed by atoms with Gasteiger partial charge in [0.25, 0.3) is 11.4 Å². The fraction of sp³-hybridized carbons (Fsp3) is 0.296. The molecule has 0 saturated carbocycles. The quantitative estimate of drug-likeness (QED) is 0.370. The smallest absolute Gasteiger partial charge is 0.271 e. The molecule has 3 atom stereocenters. The Morgan fingerprint density at radius 2 is 1.92 bits per heavy atom. The molecule has 186 valence electrons. The second-order valence-corrected chi connectivity index (χ2v) is 10.1. The van der Waals surface area contributed by atoms with Gasteiger partial charge >= 0.3 is 0 Å². The Bertz CT molecular complexity index is 1600. The molecular formula is C27H24FN7OS. The van der Waals surface area contributed by atoms with Crippen LogP contribution in [-0.4, -0.2) is 44.0 Å². The van der Waals surface area contributed by atoms with E-state index in [-0.39, 0.29) is 35.3 Å². The zero-order chi connectivity index (χ0) is 26.3. The number of halogens is 1. The third kappa shape index (κ3) is 4.25. The van der Waals surface area contributed by atoms with Crippen molar-refractivity contribution in [3.05, 3.63) is 92.3 Å². The summed E-state index contributed by atoms with van der Waals surface area (Å²) in [6.45, 7) is 12.7. The number of nitrogens with zero attached hydrogens (tertiary/aromatic N) is 7. The van der Waals surface area contributed by atoms with Gasteiger partial charge in [0.2, 0.25) is 5.52 Å². The first-order valence-corrected chi connectivity index (χ1v) is 12.6. The van der Waals surface area contributed by atoms with Crippen molar-refractivity contribution in [3.8, 4) is 6.07 Å². The second-order valence-electron chi connectivity index (χ2n) is 9.26. The molecule has 0 aliphatic carbocycles. The molecule has 0 spiro atoms. The van der Waals surface area contributed by atoms with E-state index < -0.39 is 5.56 Å². The third-order valence-electron chi connectivity index (χ3n) is 6.99. The maximum absolute atomic E-state index is 13.7. The lowest BCUT2D eigenvalue weighted by atomic mass is 9.97. The van der Waals surface area contributed by atoms with Crippen molar-refractivity contribution in [3.63, 3.8) is 0 Å². The van der Waals surface area contributed by atoms with Gasteiger partial charge in [0.15, 0.2) is 0 Å². The molecule has 1 aliphatic heterocycles. The normalized spacial score (nSPS) is 18.9. The summed E-state index contributed by atoms with van der Waals surface area (Å²) in [5, 5.41) is 10.0. The Morgan fingerprint density at radius 1 is 1.16 bits per heavy atom. The Hall–Kier alpha value is -4.12. The molecule has 4 heterocycles. The van der Waals surface area contributed by atoms with Gasteiger partial charge in [0.05, 0.1) is 11.6 Å². The number of rotatable bonds is 4. The van der Waals surface area contributed by atoms with Crippen molar-refractivity contribution < 1.29 is 4.39 Å². The van der Waals surface area contributed by atoms with E-state index in [1.165, 1.54) is 28.2 Å². The van der Waals surface area contributed by atoms with Gasteiger partial charge in [-0.3, -0.25) is 9.69 Å². The van der Waals surface area contributed by atoms with E-state index in [1.807, 2.05) is 18.2 Å². The van der Waals surface area contributed by atoms with E-state index in [2.05, 4.69) is 43.9 Å². The first-order chi connectivity index (χ1) is 17.8. The fourth-order valence-electron chi connectivity index (χ4n) is 5.18. The van der Waals surface area contributed by atoms with Crippen LogP contribution in [-0.2, 0) is 7.05 Å². The van der Waals surface area contributed by atoms with Crippen LogP contribution in [0.5, 0.6) is 0 Å². The van der Waals surface area contributed by atoms with Crippen LogP contribution in [0.15, 0.2) is 53.5 Å². The van der Waals surface area contributed by atoms with Crippen LogP contribution in [0.1, 0.15) is 35.9 Å². The maximum Gasteiger partial charge on any atom is 0.271 e. The van der Waals surface area contributed by atoms with Gasteiger partial charge < -0.3 is 14.3 Å². The van der Waals surface area contributed by atoms with Crippen molar-refractivity contribution in [1.82, 2.24) is 18.8 Å². The number of hydrogen-bond acceptors (Lipinski definition) is 7. The topological polar surface area (TPSA) is 82.4 Å². The lowest BCUT2D eigenvalue weighted by Crippen LogP contribution is -2.58. The number of nitriles is 1. The van der Waals surface area contributed by atoms with E-state index in [0.717, 1.165) is 10.4 Å². The first kappa shape index (κ1) is 24.6. The van der Waals surface area contributed by atoms with Crippen molar-refractivity contribution >= 4 is 34.1 Å². The minimum absolute atomic E-state index is 0.00282. The molecule has 0 bridgehead atoms. The highest BCUT2D eigenvalue weighted by Gasteiger charge is 2.38. The fourth-order valence-corrected chi connectivity index (χ4v) is 5.92. The Morgan fingerprint density at radius 3 is 2.57 bits per heavy atom. The number of fused-ring (bicyclic) bond motifs is 1. The predicted octanol–water partition coefficient (Wildman–Crippen LogP) is 4.64. The first-order valence-electron chi connectivity index (χ1n) is 11.8. The number of aromatic nitrogens is 3. The molecule has 0 radical (unpaired) electrons. The van der Waals surface area contributed by atoms with Gasteiger partial charge in [-0.2, -0.15) is 5.26 Å². The summed E-state index contributed by atoms with van der Waals surface area (Å²) in [4.78, 5) is 26.6. The molecule has 10 heteroatoms. The lowest BCUT2D eigenvalue weighted by molar-refractivity contribution is 0.131. The summed E-state index contributed by atoms with van der Waals surface area (Å²) in [5.74, 6) is -0.0805. The number of hydrogen-bond donors (Lipinski definition) is 0. The van der Waals surface area contributed by atoms with Crippen LogP contribution in [0.3, 0.4) is 0 Å². The molecule has 1 aromatic carbocycles. The molecule has 3 aromatic heterocycles. The van der Waals surface area contributed by atoms with Crippen molar-refractivity contribution in [1.29, 1.82) is 5.26 Å². The molecule has 4 aromatic rings. The van der Waals surface area contributed by atoms with E-state index in [0.29, 0.717) is 29.8 Å². The highest BCUT2D eigenvalue weighted by Crippen LogP contribution is 2.38. The van der Waals surface area contributed by atoms with Crippen molar-refractivity contribution in [2.75, 3.05) is 18.0 Å². The highest BCUT2D eigenvalue weighted by atomic mass is 32.1. The van der Waals surface area contributed by atoms with Gasteiger partial charge in [-0.25, -0.2) is 8.76 Å². The van der Waals surface area contributed by atoms with Gasteiger partial charge in [-0.1, -0.05) is 18.7 Å². The summed E-state index contributed by atoms with van der Waals surface area (Å²) in [7, 11) is 1.61. The maximum atomic E-state index is 13.7. The summed E-state index contributed by atoms with van der Waals surface area (Å²) < 4.78 is 19.4. The zero-order valence-corrected chi connectivity index (χ0v) is 21.4. The van der Waals surface area contributed by atoms with Gasteiger partial charge in [0, 0.05) is 43.3 Å². The van der Waals surface area contributed by atoms with E-state index in [9.17, 15) is 14.4 Å². The van der Waals surface area contributed by atoms with E-state index >= 15 is 0 Å². The average molecular weight is 514 g/mol. The van der Waals surface area contributed by atoms with Gasteiger partial charge in [-0.15, -0.1) is 4.98 Å². The van der Waals surface area contributed by atoms with Gasteiger partial charge in [0.1, 0.15) is 23.1 Å². The molecule has 5 rings (SSSR count). The Labute approximate surface area is 217 Å². The summed E-state index contributed by atoms with van der Waals surface area (Å²) in [6, 6.07) is 13.7. The standard InChI is InChI=1S/C27H24FN7OS/c1-16-15-35(26-20(13-29)27(36)33(4)21-9-10-23(30-3)32-24(21)26)17(2)14-34(16)25(22-11-12-31-37-22)18-5-7-19(28)8-6-18/h5-12,16-17,25H,14-15H2,1-2,4H3/t16-,17+,25?/m1/s1. The number of pyridine rings is 2. The van der Waals surface area contributed by atoms with Gasteiger partial charge in [-0.05, 0) is 61.3 Å². The second kappa shape index (κ2) is 9.74. The summed E-state index contributed by atoms with van der Waals surface area (Å²) in [6.07, 6.45) is 1.77. The van der Waals surface area contributed by atoms with Crippen LogP contribution < -0.4 is 10.5 Å². The molecule has 0 amide bonds. The molecule has 1 unspecified atom stereocenters. The molecule has 1 fully saturated rings. The van der Waals surface area contributed by atoms with Crippen LogP contribution in [0.2, 0.25) is 0 Å². The molecule has 1 aliphatic rings. The minimum atomic E-state index is -0.390. The predicted molar refractivity (Wildman–Crippen MR) is 141 cm³/mol. The molecule has 8 nitrogen and oxygen atoms in total. The van der Waals surface area contributed by atoms with Crippen LogP contribution in [0.25, 0.3) is 15.9 Å². The van der Waals surface area contributed by atoms with E-state index in [4.69, 9.17) is 6.57 Å². The largest absolute Gasteiger partial charge is 0.361 e. The average Bonchev–Trinajstić information content (AvgIpc) is 3.43. The number of benzene rings is 1. The summed E-state index contributed by atoms with van der Waals surface area (Å²) in [5.41, 5.74) is 2.12. The minimum Gasteiger partial charge on any atom is -0.361 e. The number of anilines is 1. The highest BCUT2D eigenvalue weighted by molar-refractivity contribution is 7.05. The van der Waals surface area contributed by atoms with Crippen molar-refractivity contribution in [2.45, 2.75) is 32.0 Å². The monoisotopic (exact) mass is 513 g/mol. The molecular weight excluding hydrogens is 489 g/mol. The number of aryl methyl sites for hydroxylation is 1. The van der Waals surface area contributed by atoms with E-state index in [1.54, 1.807) is 25.4 Å². The van der Waals surface area contributed by atoms with Crippen LogP contribution in [0.4, 0.5) is 15.9 Å². The lowest BCUT2D eigenvalue weighted by Gasteiger charge is -2.48. The van der Waals surface area contributed by atoms with Crippen LogP contribution in [0, 0.1) is 23.7 Å². The molecule has 1 saturated heterocycles. The molecule has 37 heavy (non-hydrogen) atoms. The third-order valence-corrected chi connectivity index (χ3v) is 7.79. The Balaban J connectivity index is 1.60. The summed E-state index contributed by atoms with van der Waals surface area (Å²) >= 11 is 1.42. The molecule has 0 N–H and O–H groups in total. The van der Waals surface area contributed by atoms with Crippen molar-refractivity contribution in [2.24, 2.45) is 7.05 Å².